The van der Waals surface area contributed by atoms with Crippen molar-refractivity contribution in [2.75, 3.05) is 6.61 Å². The third-order valence-electron chi connectivity index (χ3n) is 1.85. The first kappa shape index (κ1) is 11.0. The average Bonchev–Trinajstić information content (AvgIpc) is 2.15. The molecule has 1 atom stereocenters. The van der Waals surface area contributed by atoms with Crippen LogP contribution >= 0.6 is 0 Å². The van der Waals surface area contributed by atoms with Crippen LogP contribution < -0.4 is 10.5 Å². The Labute approximate surface area is 85.3 Å². The summed E-state index contributed by atoms with van der Waals surface area (Å²) in [6, 6.07) is 3.84. The second-order valence-electron chi connectivity index (χ2n) is 3.92. The molecule has 1 aromatic heterocycles. The van der Waals surface area contributed by atoms with E-state index in [2.05, 4.69) is 18.8 Å². The van der Waals surface area contributed by atoms with Gasteiger partial charge in [0, 0.05) is 18.3 Å². The maximum Gasteiger partial charge on any atom is 0.213 e. The minimum absolute atomic E-state index is 0.0293. The lowest BCUT2D eigenvalue weighted by molar-refractivity contribution is 0.261. The Morgan fingerprint density at radius 3 is 2.50 bits per heavy atom. The standard InChI is InChI=1S/C11H18N2O/c1-8(2)7-14-11-5-4-10(6-13-11)9(3)12/h4-6,8-9H,7,12H2,1-3H3. The van der Waals surface area contributed by atoms with Gasteiger partial charge in [-0.15, -0.1) is 0 Å². The topological polar surface area (TPSA) is 48.1 Å². The second-order valence-corrected chi connectivity index (χ2v) is 3.92. The number of nitrogens with zero attached hydrogens (tertiary/aromatic N) is 1. The van der Waals surface area contributed by atoms with Gasteiger partial charge in [-0.25, -0.2) is 4.98 Å². The second kappa shape index (κ2) is 4.96. The maximum absolute atomic E-state index is 5.71. The largest absolute Gasteiger partial charge is 0.477 e. The van der Waals surface area contributed by atoms with Crippen molar-refractivity contribution in [1.29, 1.82) is 0 Å². The molecule has 3 nitrogen and oxygen atoms in total. The zero-order valence-corrected chi connectivity index (χ0v) is 9.03. The van der Waals surface area contributed by atoms with Crippen LogP contribution in [0.5, 0.6) is 5.88 Å². The van der Waals surface area contributed by atoms with Crippen LogP contribution in [0, 0.1) is 5.92 Å². The van der Waals surface area contributed by atoms with Crippen molar-refractivity contribution in [2.45, 2.75) is 26.8 Å². The number of rotatable bonds is 4. The third kappa shape index (κ3) is 3.34. The molecule has 0 bridgehead atoms. The van der Waals surface area contributed by atoms with Crippen LogP contribution in [-0.4, -0.2) is 11.6 Å². The van der Waals surface area contributed by atoms with E-state index in [1.165, 1.54) is 0 Å². The van der Waals surface area contributed by atoms with Crippen molar-refractivity contribution in [3.05, 3.63) is 23.9 Å². The quantitative estimate of drug-likeness (QED) is 0.798. The molecular formula is C11H18N2O. The summed E-state index contributed by atoms with van der Waals surface area (Å²) in [5, 5.41) is 0. The van der Waals surface area contributed by atoms with Gasteiger partial charge < -0.3 is 10.5 Å². The molecule has 1 unspecified atom stereocenters. The maximum atomic E-state index is 5.71. The highest BCUT2D eigenvalue weighted by atomic mass is 16.5. The highest BCUT2D eigenvalue weighted by Crippen LogP contribution is 2.12. The Morgan fingerprint density at radius 2 is 2.07 bits per heavy atom. The van der Waals surface area contributed by atoms with Crippen LogP contribution in [0.25, 0.3) is 0 Å². The smallest absolute Gasteiger partial charge is 0.213 e. The summed E-state index contributed by atoms with van der Waals surface area (Å²) in [5.41, 5.74) is 6.73. The highest BCUT2D eigenvalue weighted by molar-refractivity contribution is 5.19. The van der Waals surface area contributed by atoms with Gasteiger partial charge in [-0.2, -0.15) is 0 Å². The van der Waals surface area contributed by atoms with Crippen molar-refractivity contribution in [1.82, 2.24) is 4.98 Å². The molecule has 0 aromatic carbocycles. The lowest BCUT2D eigenvalue weighted by atomic mass is 10.2. The lowest BCUT2D eigenvalue weighted by Crippen LogP contribution is -2.07. The van der Waals surface area contributed by atoms with E-state index in [1.807, 2.05) is 19.1 Å². The van der Waals surface area contributed by atoms with Gasteiger partial charge in [0.05, 0.1) is 6.61 Å². The number of ether oxygens (including phenoxy) is 1. The van der Waals surface area contributed by atoms with E-state index in [0.717, 1.165) is 5.56 Å². The molecule has 0 fully saturated rings. The van der Waals surface area contributed by atoms with E-state index in [4.69, 9.17) is 10.5 Å². The van der Waals surface area contributed by atoms with E-state index in [1.54, 1.807) is 6.20 Å². The summed E-state index contributed by atoms with van der Waals surface area (Å²) in [7, 11) is 0. The van der Waals surface area contributed by atoms with Crippen LogP contribution in [-0.2, 0) is 0 Å². The fraction of sp³-hybridized carbons (Fsp3) is 0.545. The van der Waals surface area contributed by atoms with Gasteiger partial charge >= 0.3 is 0 Å². The molecule has 0 amide bonds. The van der Waals surface area contributed by atoms with E-state index >= 15 is 0 Å². The monoisotopic (exact) mass is 194 g/mol. The SMILES string of the molecule is CC(C)COc1ccc(C(C)N)cn1. The average molecular weight is 194 g/mol. The molecular weight excluding hydrogens is 176 g/mol. The molecule has 78 valence electrons. The number of hydrogen-bond donors (Lipinski definition) is 1. The van der Waals surface area contributed by atoms with E-state index in [-0.39, 0.29) is 6.04 Å². The fourth-order valence-electron chi connectivity index (χ4n) is 0.999. The van der Waals surface area contributed by atoms with Crippen LogP contribution in [0.1, 0.15) is 32.4 Å². The van der Waals surface area contributed by atoms with Gasteiger partial charge in [-0.05, 0) is 18.4 Å². The predicted octanol–water partition coefficient (Wildman–Crippen LogP) is 2.14. The van der Waals surface area contributed by atoms with Crippen LogP contribution in [0.15, 0.2) is 18.3 Å². The summed E-state index contributed by atoms with van der Waals surface area (Å²) in [6.07, 6.45) is 1.76. The van der Waals surface area contributed by atoms with Crippen molar-refractivity contribution in [3.63, 3.8) is 0 Å². The zero-order chi connectivity index (χ0) is 10.6. The Kier molecular flexibility index (Phi) is 3.89. The molecule has 1 rings (SSSR count). The number of hydrogen-bond acceptors (Lipinski definition) is 3. The van der Waals surface area contributed by atoms with Crippen LogP contribution in [0.3, 0.4) is 0 Å². The van der Waals surface area contributed by atoms with Crippen molar-refractivity contribution in [3.8, 4) is 5.88 Å². The lowest BCUT2D eigenvalue weighted by Gasteiger charge is -2.09. The van der Waals surface area contributed by atoms with Crippen LogP contribution in [0.4, 0.5) is 0 Å². The summed E-state index contributed by atoms with van der Waals surface area (Å²) < 4.78 is 5.45. The molecule has 0 saturated heterocycles. The van der Waals surface area contributed by atoms with Crippen molar-refractivity contribution < 1.29 is 4.74 Å². The van der Waals surface area contributed by atoms with Gasteiger partial charge in [0.1, 0.15) is 0 Å². The van der Waals surface area contributed by atoms with E-state index in [9.17, 15) is 0 Å². The first-order chi connectivity index (χ1) is 6.59. The molecule has 0 spiro atoms. The number of pyridine rings is 1. The molecule has 0 aliphatic heterocycles. The summed E-state index contributed by atoms with van der Waals surface area (Å²) in [5.74, 6) is 1.19. The Bertz CT molecular complexity index is 267. The first-order valence-corrected chi connectivity index (χ1v) is 4.94. The van der Waals surface area contributed by atoms with E-state index in [0.29, 0.717) is 18.4 Å². The van der Waals surface area contributed by atoms with Crippen LogP contribution in [0.2, 0.25) is 0 Å². The summed E-state index contributed by atoms with van der Waals surface area (Å²) >= 11 is 0. The van der Waals surface area contributed by atoms with Gasteiger partial charge in [0.2, 0.25) is 5.88 Å². The zero-order valence-electron chi connectivity index (χ0n) is 9.03. The Balaban J connectivity index is 2.55. The Morgan fingerprint density at radius 1 is 1.36 bits per heavy atom. The van der Waals surface area contributed by atoms with Gasteiger partial charge in [0.15, 0.2) is 0 Å². The molecule has 14 heavy (non-hydrogen) atoms. The molecule has 3 heteroatoms. The number of nitrogens with two attached hydrogens (primary N) is 1. The number of aromatic nitrogens is 1. The van der Waals surface area contributed by atoms with Gasteiger partial charge in [-0.3, -0.25) is 0 Å². The first-order valence-electron chi connectivity index (χ1n) is 4.94. The molecule has 0 saturated carbocycles. The molecule has 0 radical (unpaired) electrons. The molecule has 1 heterocycles. The third-order valence-corrected chi connectivity index (χ3v) is 1.85. The van der Waals surface area contributed by atoms with Crippen molar-refractivity contribution >= 4 is 0 Å². The molecule has 0 aliphatic carbocycles. The van der Waals surface area contributed by atoms with E-state index < -0.39 is 0 Å². The minimum Gasteiger partial charge on any atom is -0.477 e. The normalized spacial score (nSPS) is 12.9. The van der Waals surface area contributed by atoms with Gasteiger partial charge in [0.25, 0.3) is 0 Å². The molecule has 2 N–H and O–H groups in total. The highest BCUT2D eigenvalue weighted by Gasteiger charge is 2.01. The summed E-state index contributed by atoms with van der Waals surface area (Å²) in [4.78, 5) is 4.17. The fourth-order valence-corrected chi connectivity index (χ4v) is 0.999. The Hall–Kier alpha value is -1.09. The van der Waals surface area contributed by atoms with Crippen molar-refractivity contribution in [2.24, 2.45) is 11.7 Å². The molecule has 1 aromatic rings. The molecule has 0 aliphatic rings. The minimum atomic E-state index is 0.0293. The van der Waals surface area contributed by atoms with Gasteiger partial charge in [-0.1, -0.05) is 19.9 Å². The predicted molar refractivity (Wildman–Crippen MR) is 57.2 cm³/mol. The summed E-state index contributed by atoms with van der Waals surface area (Å²) in [6.45, 7) is 6.85.